The van der Waals surface area contributed by atoms with Crippen molar-refractivity contribution in [2.24, 2.45) is 4.99 Å². The molecule has 25 nitrogen and oxygen atoms in total. The number of carbonyl (C=O) groups is 1. The molecule has 0 saturated heterocycles. The number of nitrogens with one attached hydrogen (secondary N) is 2. The van der Waals surface area contributed by atoms with Crippen LogP contribution < -0.4 is 149 Å². The van der Waals surface area contributed by atoms with Crippen LogP contribution in [0.4, 0.5) is 35.4 Å². The second kappa shape index (κ2) is 39.8. The summed E-state index contributed by atoms with van der Waals surface area (Å²) in [6.07, 6.45) is 5.22. The third-order valence-electron chi connectivity index (χ3n) is 8.98. The second-order valence-electron chi connectivity index (χ2n) is 13.6. The molecule has 6 heterocycles. The maximum atomic E-state index is 8.64. The molecule has 0 radical (unpaired) electrons. The number of benzene rings is 3. The predicted octanol–water partition coefficient (Wildman–Crippen LogP) is 0.593. The van der Waals surface area contributed by atoms with Crippen molar-refractivity contribution >= 4 is 136 Å². The van der Waals surface area contributed by atoms with Crippen molar-refractivity contribution in [3.63, 3.8) is 0 Å². The number of hydrogen-bond donors (Lipinski definition) is 5. The molecule has 0 atom stereocenters. The van der Waals surface area contributed by atoms with Gasteiger partial charge in [-0.2, -0.15) is 4.99 Å². The monoisotopic (exact) mass is 1280 g/mol. The SMILES string of the molecule is COc1ccc(-c2nnc(N)o2)cc1.COc1ccc(-c2nnc(N=C(C)SC)o2)cc1.COc1ccc(-c2nnc(Nc3nc4c(C)nccc4[nH]3)o2)cc1.COc1nccc(N)c1N.O=CO[O-].S=S=S=S=S=S=S.[H-].[HH].[K+].[K+]. The number of aromatic amines is 1. The average molecular weight is 1280 g/mol. The van der Waals surface area contributed by atoms with Gasteiger partial charge in [0, 0.05) is 97.3 Å². The Balaban J connectivity index is 0.00000101. The van der Waals surface area contributed by atoms with Gasteiger partial charge >= 0.3 is 121 Å². The molecule has 8 N–H and O–H groups in total. The molecule has 79 heavy (non-hydrogen) atoms. The minimum absolute atomic E-state index is 0. The number of ether oxygens (including phenoxy) is 4. The summed E-state index contributed by atoms with van der Waals surface area (Å²) in [5, 5.41) is 35.5. The summed E-state index contributed by atoms with van der Waals surface area (Å²) in [4.78, 5) is 31.0. The summed E-state index contributed by atoms with van der Waals surface area (Å²) in [6.45, 7) is 3.61. The molecule has 0 spiro atoms. The van der Waals surface area contributed by atoms with E-state index in [-0.39, 0.29) is 130 Å². The van der Waals surface area contributed by atoms with E-state index in [0.29, 0.717) is 40.9 Å². The van der Waals surface area contributed by atoms with Crippen LogP contribution in [0.15, 0.2) is 116 Å². The number of methoxy groups -OCH3 is 4. The van der Waals surface area contributed by atoms with Crippen LogP contribution in [0.3, 0.4) is 0 Å². The molecule has 0 fully saturated rings. The number of carbonyl (C=O) groups excluding carboxylic acids is 1. The number of rotatable bonds is 11. The van der Waals surface area contributed by atoms with E-state index in [2.05, 4.69) is 88.1 Å². The van der Waals surface area contributed by atoms with Gasteiger partial charge in [0.1, 0.15) is 28.5 Å². The number of thioether (sulfide) groups is 1. The molecule has 9 rings (SSSR count). The number of aryl methyl sites for hydroxylation is 1. The van der Waals surface area contributed by atoms with Crippen LogP contribution in [0.2, 0.25) is 0 Å². The molecule has 0 amide bonds. The molecule has 3 aromatic carbocycles. The molecular weight excluding hydrogens is 1230 g/mol. The largest absolute Gasteiger partial charge is 1.00 e. The average Bonchev–Trinajstić information content (AvgIpc) is 4.33. The topological polar surface area (TPSA) is 360 Å². The Bertz CT molecular complexity index is 3510. The number of aliphatic imine (C=N–C) groups is 1. The van der Waals surface area contributed by atoms with E-state index < -0.39 is 0 Å². The van der Waals surface area contributed by atoms with E-state index in [4.69, 9.17) is 59.5 Å². The Kier molecular flexibility index (Phi) is 35.6. The molecule has 0 aliphatic carbocycles. The third-order valence-corrected chi connectivity index (χ3v) is 18.6. The molecule has 0 saturated carbocycles. The number of aromatic nitrogens is 10. The first-order valence-electron chi connectivity index (χ1n) is 21.0. The van der Waals surface area contributed by atoms with E-state index in [1.807, 2.05) is 99.0 Å². The van der Waals surface area contributed by atoms with E-state index in [0.717, 1.165) is 55.7 Å². The van der Waals surface area contributed by atoms with E-state index >= 15 is 0 Å². The molecular formula is C44H49K2N15O10S8. The van der Waals surface area contributed by atoms with Crippen molar-refractivity contribution in [3.05, 3.63) is 103 Å². The molecule has 6 aromatic heterocycles. The van der Waals surface area contributed by atoms with Gasteiger partial charge in [0.05, 0.1) is 50.4 Å². The number of nitrogens with zero attached hydrogens (tertiary/aromatic N) is 10. The minimum Gasteiger partial charge on any atom is -1.00 e. The van der Waals surface area contributed by atoms with Gasteiger partial charge in [-0.25, -0.2) is 9.97 Å². The number of imidazole rings is 1. The summed E-state index contributed by atoms with van der Waals surface area (Å²) in [5.74, 6) is 4.49. The number of pyridine rings is 2. The fraction of sp³-hybridized carbons (Fsp3) is 0.159. The molecule has 0 aliphatic rings. The van der Waals surface area contributed by atoms with Crippen LogP contribution in [0.25, 0.3) is 45.4 Å². The van der Waals surface area contributed by atoms with Crippen LogP contribution in [-0.2, 0) is 76.5 Å². The summed E-state index contributed by atoms with van der Waals surface area (Å²) in [7, 11) is 13.7. The van der Waals surface area contributed by atoms with E-state index in [1.54, 1.807) is 66.4 Å². The van der Waals surface area contributed by atoms with E-state index in [1.165, 1.54) is 36.6 Å². The first-order valence-corrected chi connectivity index (χ1v) is 30.3. The maximum Gasteiger partial charge on any atom is 1.00 e. The van der Waals surface area contributed by atoms with Gasteiger partial charge < -0.3 is 66.0 Å². The first-order chi connectivity index (χ1) is 37.3. The second-order valence-corrected chi connectivity index (χ2v) is 23.5. The van der Waals surface area contributed by atoms with Crippen LogP contribution >= 0.6 is 11.8 Å². The Morgan fingerprint density at radius 1 is 0.709 bits per heavy atom. The summed E-state index contributed by atoms with van der Waals surface area (Å²) in [5.41, 5.74) is 22.1. The Hall–Kier alpha value is -4.49. The quantitative estimate of drug-likeness (QED) is 0.0295. The standard InChI is InChI=1S/C16H14N6O2.C12H13N3O2S.C9H9N3O2.C6H9N3O.CH2O3.2K.S7.H2.H/c1-9-13-12(7-8-17-9)18-15(19-13)20-16-22-21-14(24-16)10-3-5-11(23-2)6-4-10;1-8(18-3)13-12-15-14-11(17-12)9-4-6-10(16-2)7-5-9;1-13-7-4-2-6(3-5-7)8-11-12-9(10)14-8;1-10-6-5(8)4(7)2-3-9-6;2-1-4-3;;;1-3-5-7-6-4-2;;/h3-8H,1-2H3,(H2,18,19,20,22);4-7H,1-3H3;2-5H,1H3,(H2,10,12);2-3H,8H2,1H3,(H2,7,9);1,3H;;;;1H;/q;;;;;2*+1;;;-1/p-1. The molecule has 0 bridgehead atoms. The van der Waals surface area contributed by atoms with Crippen molar-refractivity contribution in [1.29, 1.82) is 0 Å². The van der Waals surface area contributed by atoms with Crippen molar-refractivity contribution in [2.45, 2.75) is 13.8 Å². The van der Waals surface area contributed by atoms with Gasteiger partial charge in [0.15, 0.2) is 0 Å². The Morgan fingerprint density at radius 3 is 1.65 bits per heavy atom. The molecule has 0 aliphatic heterocycles. The number of nitrogens with two attached hydrogens (primary N) is 3. The molecule has 0 unspecified atom stereocenters. The first kappa shape index (κ1) is 70.6. The Labute approximate surface area is 568 Å². The number of hydrogen-bond acceptors (Lipinski definition) is 27. The van der Waals surface area contributed by atoms with E-state index in [9.17, 15) is 0 Å². The predicted molar refractivity (Wildman–Crippen MR) is 313 cm³/mol. The van der Waals surface area contributed by atoms with Crippen molar-refractivity contribution < 1.29 is 153 Å². The zero-order chi connectivity index (χ0) is 56.0. The number of nitrogen functional groups attached to an aromatic ring is 3. The van der Waals surface area contributed by atoms with Gasteiger partial charge in [-0.05, 0) is 105 Å². The van der Waals surface area contributed by atoms with Crippen molar-refractivity contribution in [1.82, 2.24) is 50.5 Å². The Morgan fingerprint density at radius 2 is 1.20 bits per heavy atom. The zero-order valence-corrected chi connectivity index (χ0v) is 56.1. The number of fused-ring (bicyclic) bond motifs is 1. The maximum absolute atomic E-state index is 8.64. The van der Waals surface area contributed by atoms with Crippen LogP contribution in [-0.4, -0.2) is 96.7 Å². The van der Waals surface area contributed by atoms with Crippen molar-refractivity contribution in [3.8, 4) is 57.5 Å². The van der Waals surface area contributed by atoms with Gasteiger partial charge in [0.2, 0.25) is 29.5 Å². The molecule has 35 heteroatoms. The van der Waals surface area contributed by atoms with Gasteiger partial charge in [0.25, 0.3) is 6.47 Å². The smallest absolute Gasteiger partial charge is 1.00 e. The van der Waals surface area contributed by atoms with Gasteiger partial charge in [-0.1, -0.05) is 15.3 Å². The molecule has 9 aromatic rings. The minimum atomic E-state index is -0.181. The van der Waals surface area contributed by atoms with Crippen LogP contribution in [0, 0.1) is 6.92 Å². The van der Waals surface area contributed by atoms with Crippen LogP contribution in [0.1, 0.15) is 15.5 Å². The fourth-order valence-corrected chi connectivity index (χ4v) is 13.8. The normalized spacial score (nSPS) is 9.75. The summed E-state index contributed by atoms with van der Waals surface area (Å²) < 4.78 is 36.2. The summed E-state index contributed by atoms with van der Waals surface area (Å²) >= 11 is 10.7. The van der Waals surface area contributed by atoms with Gasteiger partial charge in [-0.15, -0.1) is 27.1 Å². The fourth-order valence-electron chi connectivity index (χ4n) is 5.39. The molecule has 410 valence electrons. The van der Waals surface area contributed by atoms with Gasteiger partial charge in [-0.3, -0.25) is 15.1 Å². The third kappa shape index (κ3) is 24.6. The zero-order valence-electron chi connectivity index (χ0n) is 44.4. The number of anilines is 5. The summed E-state index contributed by atoms with van der Waals surface area (Å²) in [6, 6.07) is 26.1. The van der Waals surface area contributed by atoms with Crippen molar-refractivity contribution in [2.75, 3.05) is 57.2 Å². The number of H-pyrrole nitrogens is 1. The van der Waals surface area contributed by atoms with Crippen LogP contribution in [0.5, 0.6) is 23.1 Å².